The normalized spacial score (nSPS) is 13.0. The van der Waals surface area contributed by atoms with Gasteiger partial charge in [-0.3, -0.25) is 9.59 Å². The molecule has 2 amide bonds. The van der Waals surface area contributed by atoms with Crippen molar-refractivity contribution in [2.24, 2.45) is 5.92 Å². The van der Waals surface area contributed by atoms with E-state index in [0.717, 1.165) is 17.3 Å². The molecule has 132 valence electrons. The Labute approximate surface area is 146 Å². The maximum atomic E-state index is 11.8. The Bertz CT molecular complexity index is 574. The van der Waals surface area contributed by atoms with E-state index in [2.05, 4.69) is 10.6 Å². The molecule has 0 aromatic heterocycles. The second-order valence-electron chi connectivity index (χ2n) is 5.68. The number of nitrogens with one attached hydrogen (secondary N) is 2. The van der Waals surface area contributed by atoms with Gasteiger partial charge in [-0.15, -0.1) is 11.8 Å². The largest absolute Gasteiger partial charge is 0.480 e. The lowest BCUT2D eigenvalue weighted by Gasteiger charge is -2.19. The summed E-state index contributed by atoms with van der Waals surface area (Å²) in [7, 11) is 0. The molecule has 0 aliphatic heterocycles. The van der Waals surface area contributed by atoms with Gasteiger partial charge in [-0.05, 0) is 25.0 Å². The van der Waals surface area contributed by atoms with E-state index in [1.807, 2.05) is 38.1 Å². The highest BCUT2D eigenvalue weighted by atomic mass is 32.2. The summed E-state index contributed by atoms with van der Waals surface area (Å²) in [4.78, 5) is 34.8. The van der Waals surface area contributed by atoms with Gasteiger partial charge >= 0.3 is 5.97 Å². The highest BCUT2D eigenvalue weighted by molar-refractivity contribution is 8.00. The molecule has 0 saturated carbocycles. The topological polar surface area (TPSA) is 95.5 Å². The van der Waals surface area contributed by atoms with Crippen LogP contribution in [0.5, 0.6) is 0 Å². The highest BCUT2D eigenvalue weighted by Gasteiger charge is 2.25. The zero-order valence-corrected chi connectivity index (χ0v) is 15.0. The van der Waals surface area contributed by atoms with E-state index in [9.17, 15) is 14.4 Å². The number of aliphatic carboxylic acids is 1. The molecule has 0 bridgehead atoms. The lowest BCUT2D eigenvalue weighted by Crippen LogP contribution is -2.45. The number of rotatable bonds is 9. The monoisotopic (exact) mass is 352 g/mol. The van der Waals surface area contributed by atoms with E-state index in [0.29, 0.717) is 12.1 Å². The van der Waals surface area contributed by atoms with E-state index in [4.69, 9.17) is 5.11 Å². The number of hydrogen-bond donors (Lipinski definition) is 3. The summed E-state index contributed by atoms with van der Waals surface area (Å²) in [6.45, 7) is 5.61. The Morgan fingerprint density at radius 1 is 1.12 bits per heavy atom. The maximum absolute atomic E-state index is 11.8. The molecule has 0 unspecified atom stereocenters. The molecule has 3 N–H and O–H groups in total. The number of benzene rings is 1. The lowest BCUT2D eigenvalue weighted by molar-refractivity contribution is -0.143. The smallest absolute Gasteiger partial charge is 0.326 e. The Hall–Kier alpha value is -2.02. The first-order chi connectivity index (χ1) is 11.3. The van der Waals surface area contributed by atoms with Crippen LogP contribution in [0.15, 0.2) is 24.3 Å². The summed E-state index contributed by atoms with van der Waals surface area (Å²) < 4.78 is 0. The van der Waals surface area contributed by atoms with E-state index in [1.165, 1.54) is 0 Å². The first-order valence-corrected chi connectivity index (χ1v) is 8.95. The van der Waals surface area contributed by atoms with Crippen molar-refractivity contribution in [3.63, 3.8) is 0 Å². The second-order valence-corrected chi connectivity index (χ2v) is 6.66. The number of anilines is 1. The number of thioether (sulfide) groups is 1. The van der Waals surface area contributed by atoms with E-state index >= 15 is 0 Å². The van der Waals surface area contributed by atoms with Crippen LogP contribution in [0.2, 0.25) is 0 Å². The molecule has 1 aromatic rings. The van der Waals surface area contributed by atoms with Gasteiger partial charge in [-0.1, -0.05) is 38.0 Å². The molecule has 24 heavy (non-hydrogen) atoms. The molecule has 0 fully saturated rings. The molecular formula is C17H24N2O4S. The standard InChI is InChI=1S/C17H24N2O4S/c1-4-12(3)16(17(22)23)19-15(21)10-24-9-14(20)18-13-7-5-11(2)6-8-13/h5-8,12,16H,4,9-10H2,1-3H3,(H,18,20)(H,19,21)(H,22,23)/t12-,16-/m0/s1. The predicted octanol–water partition coefficient (Wildman–Crippen LogP) is 2.28. The summed E-state index contributed by atoms with van der Waals surface area (Å²) >= 11 is 1.15. The van der Waals surface area contributed by atoms with Gasteiger partial charge in [0.15, 0.2) is 0 Å². The minimum atomic E-state index is -1.04. The Morgan fingerprint density at radius 2 is 1.71 bits per heavy atom. The van der Waals surface area contributed by atoms with Crippen molar-refractivity contribution < 1.29 is 19.5 Å². The summed E-state index contributed by atoms with van der Waals surface area (Å²) in [5, 5.41) is 14.4. The molecule has 0 aliphatic rings. The van der Waals surface area contributed by atoms with Crippen molar-refractivity contribution in [1.29, 1.82) is 0 Å². The predicted molar refractivity (Wildman–Crippen MR) is 96.2 cm³/mol. The number of amides is 2. The van der Waals surface area contributed by atoms with Gasteiger partial charge in [0.2, 0.25) is 11.8 Å². The van der Waals surface area contributed by atoms with Crippen molar-refractivity contribution in [2.75, 3.05) is 16.8 Å². The van der Waals surface area contributed by atoms with E-state index < -0.39 is 12.0 Å². The number of hydrogen-bond acceptors (Lipinski definition) is 4. The van der Waals surface area contributed by atoms with E-state index in [-0.39, 0.29) is 29.2 Å². The van der Waals surface area contributed by atoms with Crippen molar-refractivity contribution >= 4 is 35.2 Å². The Kier molecular flexibility index (Phi) is 8.32. The third-order valence-corrected chi connectivity index (χ3v) is 4.53. The average molecular weight is 352 g/mol. The van der Waals surface area contributed by atoms with Gasteiger partial charge in [-0.2, -0.15) is 0 Å². The third kappa shape index (κ3) is 7.04. The lowest BCUT2D eigenvalue weighted by atomic mass is 9.99. The van der Waals surface area contributed by atoms with Crippen LogP contribution >= 0.6 is 11.8 Å². The molecule has 1 rings (SSSR count). The van der Waals surface area contributed by atoms with Gasteiger partial charge in [0.05, 0.1) is 11.5 Å². The van der Waals surface area contributed by atoms with Gasteiger partial charge in [0.1, 0.15) is 6.04 Å². The van der Waals surface area contributed by atoms with Crippen LogP contribution in [0, 0.1) is 12.8 Å². The fourth-order valence-electron chi connectivity index (χ4n) is 1.97. The summed E-state index contributed by atoms with van der Waals surface area (Å²) in [6, 6.07) is 6.53. The van der Waals surface area contributed by atoms with Gasteiger partial charge in [0.25, 0.3) is 0 Å². The SMILES string of the molecule is CC[C@H](C)[C@H](NC(=O)CSCC(=O)Nc1ccc(C)cc1)C(=O)O. The van der Waals surface area contributed by atoms with Crippen LogP contribution in [0.1, 0.15) is 25.8 Å². The summed E-state index contributed by atoms with van der Waals surface area (Å²) in [5.41, 5.74) is 1.81. The van der Waals surface area contributed by atoms with Crippen LogP contribution < -0.4 is 10.6 Å². The molecule has 0 saturated heterocycles. The molecule has 0 heterocycles. The molecule has 6 nitrogen and oxygen atoms in total. The number of aryl methyl sites for hydroxylation is 1. The highest BCUT2D eigenvalue weighted by Crippen LogP contribution is 2.11. The summed E-state index contributed by atoms with van der Waals surface area (Å²) in [6.07, 6.45) is 0.656. The minimum Gasteiger partial charge on any atom is -0.480 e. The van der Waals surface area contributed by atoms with Crippen molar-refractivity contribution in [3.8, 4) is 0 Å². The van der Waals surface area contributed by atoms with Crippen molar-refractivity contribution in [3.05, 3.63) is 29.8 Å². The molecule has 2 atom stereocenters. The average Bonchev–Trinajstić information content (AvgIpc) is 2.53. The zero-order chi connectivity index (χ0) is 18.1. The Balaban J connectivity index is 2.35. The van der Waals surface area contributed by atoms with Crippen molar-refractivity contribution in [2.45, 2.75) is 33.2 Å². The number of carbonyl (C=O) groups excluding carboxylic acids is 2. The number of carboxylic acid groups (broad SMARTS) is 1. The fraction of sp³-hybridized carbons (Fsp3) is 0.471. The summed E-state index contributed by atoms with van der Waals surface area (Å²) in [5.74, 6) is -1.60. The van der Waals surface area contributed by atoms with Crippen LogP contribution in [0.25, 0.3) is 0 Å². The number of carbonyl (C=O) groups is 3. The fourth-order valence-corrected chi connectivity index (χ4v) is 2.60. The quantitative estimate of drug-likeness (QED) is 0.634. The van der Waals surface area contributed by atoms with Gasteiger partial charge in [-0.25, -0.2) is 4.79 Å². The second kappa shape index (κ2) is 9.97. The zero-order valence-electron chi connectivity index (χ0n) is 14.2. The van der Waals surface area contributed by atoms with Crippen LogP contribution in [0.3, 0.4) is 0 Å². The van der Waals surface area contributed by atoms with E-state index in [1.54, 1.807) is 6.92 Å². The first-order valence-electron chi connectivity index (χ1n) is 7.80. The van der Waals surface area contributed by atoms with Crippen LogP contribution in [-0.2, 0) is 14.4 Å². The maximum Gasteiger partial charge on any atom is 0.326 e. The molecule has 0 spiro atoms. The van der Waals surface area contributed by atoms with Crippen molar-refractivity contribution in [1.82, 2.24) is 5.32 Å². The molecule has 1 aromatic carbocycles. The first kappa shape index (κ1) is 20.0. The van der Waals surface area contributed by atoms with Gasteiger partial charge in [0, 0.05) is 5.69 Å². The molecule has 0 radical (unpaired) electrons. The van der Waals surface area contributed by atoms with Crippen LogP contribution in [-0.4, -0.2) is 40.4 Å². The number of carboxylic acids is 1. The molecular weight excluding hydrogens is 328 g/mol. The molecule has 7 heteroatoms. The third-order valence-electron chi connectivity index (χ3n) is 3.60. The van der Waals surface area contributed by atoms with Crippen LogP contribution in [0.4, 0.5) is 5.69 Å². The van der Waals surface area contributed by atoms with Gasteiger partial charge < -0.3 is 15.7 Å². The molecule has 0 aliphatic carbocycles. The Morgan fingerprint density at radius 3 is 2.25 bits per heavy atom. The minimum absolute atomic E-state index is 0.0432.